The van der Waals surface area contributed by atoms with Gasteiger partial charge in [0.2, 0.25) is 0 Å². The maximum atomic E-state index is 7.23. The number of benzene rings is 2. The third-order valence-electron chi connectivity index (χ3n) is 4.28. The van der Waals surface area contributed by atoms with E-state index in [0.29, 0.717) is 13.1 Å². The first kappa shape index (κ1) is 29.5. The van der Waals surface area contributed by atoms with Crippen LogP contribution in [0.2, 0.25) is 0 Å². The topological polar surface area (TPSA) is 67.6 Å². The van der Waals surface area contributed by atoms with Gasteiger partial charge in [0, 0.05) is 0 Å². The molecule has 0 unspecified atom stereocenters. The number of halogens is 4. The van der Waals surface area contributed by atoms with E-state index in [1.54, 1.807) is 0 Å². The summed E-state index contributed by atoms with van der Waals surface area (Å²) in [5, 5.41) is 2.56. The van der Waals surface area contributed by atoms with Gasteiger partial charge in [0.05, 0.1) is 0 Å². The van der Waals surface area contributed by atoms with Crippen LogP contribution in [-0.2, 0) is 6.42 Å². The van der Waals surface area contributed by atoms with E-state index in [1.165, 1.54) is 16.3 Å². The van der Waals surface area contributed by atoms with Crippen molar-refractivity contribution in [3.63, 3.8) is 0 Å². The molecule has 0 aliphatic carbocycles. The third kappa shape index (κ3) is 7.54. The van der Waals surface area contributed by atoms with Crippen molar-refractivity contribution in [1.82, 2.24) is 3.86 Å². The fourth-order valence-corrected chi connectivity index (χ4v) is 22.4. The van der Waals surface area contributed by atoms with Crippen molar-refractivity contribution >= 4 is 94.3 Å². The van der Waals surface area contributed by atoms with E-state index in [2.05, 4.69) is 46.3 Å². The Hall–Kier alpha value is 0.493. The van der Waals surface area contributed by atoms with Crippen molar-refractivity contribution in [3.8, 4) is 0 Å². The van der Waals surface area contributed by atoms with Crippen molar-refractivity contribution in [2.75, 3.05) is 37.7 Å². The molecule has 11 heteroatoms. The van der Waals surface area contributed by atoms with E-state index >= 15 is 0 Å². The fourth-order valence-electron chi connectivity index (χ4n) is 3.12. The molecule has 0 aromatic heterocycles. The Morgan fingerprint density at radius 2 is 1.59 bits per heavy atom. The number of hydrogen-bond donors (Lipinski definition) is 2. The molecule has 0 saturated carbocycles. The molecule has 1 aliphatic heterocycles. The van der Waals surface area contributed by atoms with E-state index in [9.17, 15) is 0 Å². The van der Waals surface area contributed by atoms with Gasteiger partial charge in [0.25, 0.3) is 0 Å². The zero-order valence-corrected chi connectivity index (χ0v) is 22.9. The van der Waals surface area contributed by atoms with Crippen LogP contribution in [-0.4, -0.2) is 57.7 Å². The van der Waals surface area contributed by atoms with Crippen molar-refractivity contribution in [3.05, 3.63) is 48.0 Å². The Balaban J connectivity index is 0.00000261. The van der Waals surface area contributed by atoms with Gasteiger partial charge in [-0.15, -0.1) is 37.2 Å². The SMILES string of the molecule is Cl.Cl.Cl.NCC[S][Ge]([Cl])([S]CCN)[N]1CCN=C1Cc1cccc2ccccc12. The number of rotatable bonds is 9. The van der Waals surface area contributed by atoms with Crippen LogP contribution in [0.5, 0.6) is 0 Å². The Morgan fingerprint density at radius 1 is 0.966 bits per heavy atom. The van der Waals surface area contributed by atoms with Crippen LogP contribution in [0.4, 0.5) is 0 Å². The first-order chi connectivity index (χ1) is 12.7. The van der Waals surface area contributed by atoms with Gasteiger partial charge in [0.15, 0.2) is 0 Å². The van der Waals surface area contributed by atoms with E-state index < -0.39 is 10.3 Å². The molecule has 0 amide bonds. The summed E-state index contributed by atoms with van der Waals surface area (Å²) in [5.74, 6) is 2.91. The van der Waals surface area contributed by atoms with E-state index in [4.69, 9.17) is 26.5 Å². The fraction of sp³-hybridized carbons (Fsp3) is 0.389. The monoisotopic (exact) mass is 578 g/mol. The molecular weight excluding hydrogens is 551 g/mol. The first-order valence-electron chi connectivity index (χ1n) is 8.82. The van der Waals surface area contributed by atoms with Gasteiger partial charge in [0.1, 0.15) is 0 Å². The molecule has 4 N–H and O–H groups in total. The molecule has 2 aromatic carbocycles. The third-order valence-corrected chi connectivity index (χ3v) is 25.7. The van der Waals surface area contributed by atoms with Crippen molar-refractivity contribution in [1.29, 1.82) is 0 Å². The van der Waals surface area contributed by atoms with Crippen molar-refractivity contribution in [2.45, 2.75) is 6.42 Å². The van der Waals surface area contributed by atoms with Crippen LogP contribution >= 0.6 is 67.4 Å². The molecule has 0 atom stereocenters. The summed E-state index contributed by atoms with van der Waals surface area (Å²) in [6.45, 7) is 3.04. The van der Waals surface area contributed by atoms with Crippen LogP contribution in [0.25, 0.3) is 10.8 Å². The molecular formula is C18H28Cl4GeN4S2. The van der Waals surface area contributed by atoms with Gasteiger partial charge in [-0.2, -0.15) is 0 Å². The molecule has 4 nitrogen and oxygen atoms in total. The molecule has 1 heterocycles. The van der Waals surface area contributed by atoms with Gasteiger partial charge in [-0.3, -0.25) is 0 Å². The average Bonchev–Trinajstić information content (AvgIpc) is 3.14. The second-order valence-electron chi connectivity index (χ2n) is 6.04. The summed E-state index contributed by atoms with van der Waals surface area (Å²) in [5.41, 5.74) is 12.8. The van der Waals surface area contributed by atoms with E-state index in [0.717, 1.165) is 36.9 Å². The quantitative estimate of drug-likeness (QED) is 0.431. The standard InChI is InChI=1S/C18H25ClGeN4S2.3ClH/c19-20(25-12-8-21,26-13-9-22)24-11-10-23-18(24)14-16-6-3-5-15-4-1-2-7-17(15)16;;;/h1-7H,8-14,21-22H2;3*1H. The summed E-state index contributed by atoms with van der Waals surface area (Å²) >= 11 is 0. The van der Waals surface area contributed by atoms with Crippen LogP contribution < -0.4 is 11.5 Å². The Bertz CT molecular complexity index is 771. The Kier molecular flexibility index (Phi) is 14.8. The maximum absolute atomic E-state index is 7.23. The number of hydrogen-bond acceptors (Lipinski definition) is 6. The van der Waals surface area contributed by atoms with Crippen molar-refractivity contribution < 1.29 is 0 Å². The van der Waals surface area contributed by atoms with Crippen molar-refractivity contribution in [2.24, 2.45) is 16.5 Å². The minimum absolute atomic E-state index is 0. The summed E-state index contributed by atoms with van der Waals surface area (Å²) in [6.07, 6.45) is 0.827. The second-order valence-corrected chi connectivity index (χ2v) is 27.0. The van der Waals surface area contributed by atoms with Crippen LogP contribution in [0.15, 0.2) is 47.5 Å². The normalized spacial score (nSPS) is 13.3. The molecule has 1 aliphatic rings. The van der Waals surface area contributed by atoms with Crippen LogP contribution in [0.3, 0.4) is 0 Å². The number of fused-ring (bicyclic) bond motifs is 1. The molecule has 164 valence electrons. The van der Waals surface area contributed by atoms with Gasteiger partial charge >= 0.3 is 170 Å². The number of nitrogens with zero attached hydrogens (tertiary/aromatic N) is 2. The average molecular weight is 579 g/mol. The molecule has 0 fully saturated rings. The molecule has 3 rings (SSSR count). The molecule has 0 radical (unpaired) electrons. The molecule has 0 saturated heterocycles. The zero-order valence-electron chi connectivity index (χ0n) is 16.0. The second kappa shape index (κ2) is 14.5. The summed E-state index contributed by atoms with van der Waals surface area (Å²) < 4.78 is 2.42. The Labute approximate surface area is 205 Å². The molecule has 2 aromatic rings. The van der Waals surface area contributed by atoms with Gasteiger partial charge in [-0.1, -0.05) is 0 Å². The first-order valence-corrected chi connectivity index (χ1v) is 19.6. The van der Waals surface area contributed by atoms with Gasteiger partial charge in [-0.05, 0) is 0 Å². The van der Waals surface area contributed by atoms with Crippen LogP contribution in [0.1, 0.15) is 5.56 Å². The molecule has 0 spiro atoms. The van der Waals surface area contributed by atoms with Gasteiger partial charge < -0.3 is 0 Å². The Morgan fingerprint density at radius 3 is 2.24 bits per heavy atom. The van der Waals surface area contributed by atoms with E-state index in [-0.39, 0.29) is 37.2 Å². The zero-order chi connectivity index (χ0) is 18.4. The van der Waals surface area contributed by atoms with Crippen LogP contribution in [0, 0.1) is 0 Å². The van der Waals surface area contributed by atoms with Gasteiger partial charge in [-0.25, -0.2) is 0 Å². The predicted octanol–water partition coefficient (Wildman–Crippen LogP) is 4.42. The molecule has 29 heavy (non-hydrogen) atoms. The number of amidine groups is 1. The summed E-state index contributed by atoms with van der Waals surface area (Å²) in [4.78, 5) is 4.82. The minimum atomic E-state index is -2.89. The van der Waals surface area contributed by atoms with E-state index in [1.807, 2.05) is 20.2 Å². The number of nitrogens with two attached hydrogens (primary N) is 2. The molecule has 0 bridgehead atoms. The number of aliphatic imine (C=N–C) groups is 1. The summed E-state index contributed by atoms with van der Waals surface area (Å²) in [6, 6.07) is 15.0. The predicted molar refractivity (Wildman–Crippen MR) is 143 cm³/mol. The summed E-state index contributed by atoms with van der Waals surface area (Å²) in [7, 11) is 8.06.